The van der Waals surface area contributed by atoms with Crippen molar-refractivity contribution in [1.82, 2.24) is 14.8 Å². The van der Waals surface area contributed by atoms with Gasteiger partial charge in [0.1, 0.15) is 5.69 Å². The largest absolute Gasteiger partial charge is 0.368 e. The number of rotatable bonds is 3. The van der Waals surface area contributed by atoms with Crippen molar-refractivity contribution in [3.05, 3.63) is 58.2 Å². The van der Waals surface area contributed by atoms with Gasteiger partial charge in [-0.1, -0.05) is 35.9 Å². The van der Waals surface area contributed by atoms with Crippen LogP contribution < -0.4 is 4.90 Å². The van der Waals surface area contributed by atoms with Gasteiger partial charge < -0.3 is 4.90 Å². The molecule has 0 aliphatic carbocycles. The average molecular weight is 391 g/mol. The summed E-state index contributed by atoms with van der Waals surface area (Å²) in [5.74, 6) is -0.0647. The van der Waals surface area contributed by atoms with Crippen LogP contribution in [0.4, 0.5) is 5.69 Å². The number of aromatic nitrogens is 3. The van der Waals surface area contributed by atoms with Gasteiger partial charge in [-0.25, -0.2) is 4.98 Å². The van der Waals surface area contributed by atoms with Gasteiger partial charge in [0.05, 0.1) is 28.2 Å². The van der Waals surface area contributed by atoms with Crippen molar-refractivity contribution in [2.45, 2.75) is 32.6 Å². The first-order chi connectivity index (χ1) is 13.7. The van der Waals surface area contributed by atoms with Gasteiger partial charge in [0.15, 0.2) is 0 Å². The molecule has 3 aromatic rings. The molecule has 2 aromatic heterocycles. The maximum absolute atomic E-state index is 13.4. The molecule has 0 saturated carbocycles. The molecule has 0 spiro atoms. The minimum absolute atomic E-state index is 0.0647. The van der Waals surface area contributed by atoms with E-state index < -0.39 is 0 Å². The number of benzene rings is 1. The molecule has 1 fully saturated rings. The zero-order valence-electron chi connectivity index (χ0n) is 15.9. The Kier molecular flexibility index (Phi) is 4.36. The number of piperidine rings is 1. The Bertz CT molecular complexity index is 1040. The molecule has 0 bridgehead atoms. The Labute approximate surface area is 168 Å². The Morgan fingerprint density at radius 2 is 1.86 bits per heavy atom. The summed E-state index contributed by atoms with van der Waals surface area (Å²) in [6.45, 7) is 4.09. The van der Waals surface area contributed by atoms with Gasteiger partial charge in [0.2, 0.25) is 0 Å². The van der Waals surface area contributed by atoms with Crippen LogP contribution in [0.15, 0.2) is 46.8 Å². The van der Waals surface area contributed by atoms with Crippen molar-refractivity contribution >= 4 is 28.5 Å². The lowest BCUT2D eigenvalue weighted by Gasteiger charge is -2.30. The van der Waals surface area contributed by atoms with Crippen molar-refractivity contribution in [3.63, 3.8) is 0 Å². The van der Waals surface area contributed by atoms with E-state index in [1.165, 1.54) is 30.6 Å². The zero-order chi connectivity index (χ0) is 19.1. The maximum atomic E-state index is 13.4. The Balaban J connectivity index is 1.67. The second-order valence-corrected chi connectivity index (χ2v) is 8.20. The summed E-state index contributed by atoms with van der Waals surface area (Å²) in [4.78, 5) is 20.2. The predicted octanol–water partition coefficient (Wildman–Crippen LogP) is 4.67. The molecule has 0 radical (unpaired) electrons. The van der Waals surface area contributed by atoms with Crippen LogP contribution in [0.25, 0.3) is 16.8 Å². The van der Waals surface area contributed by atoms with Crippen LogP contribution in [0, 0.1) is 0 Å². The summed E-state index contributed by atoms with van der Waals surface area (Å²) in [5.41, 5.74) is 8.43. The smallest absolute Gasteiger partial charge is 0.280 e. The van der Waals surface area contributed by atoms with Gasteiger partial charge >= 0.3 is 0 Å². The van der Waals surface area contributed by atoms with E-state index in [0.717, 1.165) is 53.4 Å². The van der Waals surface area contributed by atoms with Crippen molar-refractivity contribution in [3.8, 4) is 11.3 Å². The van der Waals surface area contributed by atoms with Gasteiger partial charge in [0.25, 0.3) is 5.91 Å². The molecule has 142 valence electrons. The molecular formula is C22H22N4OS. The second-order valence-electron chi connectivity index (χ2n) is 7.48. The van der Waals surface area contributed by atoms with Gasteiger partial charge in [-0.15, -0.1) is 11.3 Å². The minimum atomic E-state index is -0.0647. The summed E-state index contributed by atoms with van der Waals surface area (Å²) < 4.78 is 1.63. The molecule has 0 atom stereocenters. The molecule has 2 aliphatic heterocycles. The van der Waals surface area contributed by atoms with E-state index in [-0.39, 0.29) is 5.91 Å². The van der Waals surface area contributed by atoms with Crippen molar-refractivity contribution < 1.29 is 4.79 Å². The van der Waals surface area contributed by atoms with E-state index >= 15 is 0 Å². The fourth-order valence-corrected chi connectivity index (χ4v) is 4.85. The highest BCUT2D eigenvalue weighted by Crippen LogP contribution is 2.40. The number of hydrogen-bond donors (Lipinski definition) is 0. The fourth-order valence-electron chi connectivity index (χ4n) is 4.30. The first-order valence-corrected chi connectivity index (χ1v) is 10.7. The molecule has 6 heteroatoms. The molecule has 0 N–H and O–H groups in total. The summed E-state index contributed by atoms with van der Waals surface area (Å²) in [7, 11) is 0. The lowest BCUT2D eigenvalue weighted by molar-refractivity contribution is 0.0958. The van der Waals surface area contributed by atoms with Crippen LogP contribution in [-0.4, -0.2) is 33.8 Å². The summed E-state index contributed by atoms with van der Waals surface area (Å²) >= 11 is 1.51. The van der Waals surface area contributed by atoms with E-state index in [4.69, 9.17) is 5.10 Å². The maximum Gasteiger partial charge on any atom is 0.280 e. The standard InChI is InChI=1S/C22H22N4OS/c1-15-12-18-21(25-10-6-3-7-11-25)20(16-8-4-2-5-9-16)24-26(18)22(27)19(15)17-13-28-14-23-17/h2,4-5,8-9,13-14H,3,6-7,10-12H2,1H3. The number of fused-ring (bicyclic) bond motifs is 1. The zero-order valence-corrected chi connectivity index (χ0v) is 16.7. The van der Waals surface area contributed by atoms with Crippen LogP contribution in [-0.2, 0) is 6.42 Å². The molecular weight excluding hydrogens is 368 g/mol. The number of carbonyl (C=O) groups excluding carboxylic acids is 1. The van der Waals surface area contributed by atoms with E-state index in [1.54, 1.807) is 10.2 Å². The molecule has 28 heavy (non-hydrogen) atoms. The monoisotopic (exact) mass is 390 g/mol. The van der Waals surface area contributed by atoms with Crippen LogP contribution in [0.5, 0.6) is 0 Å². The van der Waals surface area contributed by atoms with Crippen molar-refractivity contribution in [1.29, 1.82) is 0 Å². The minimum Gasteiger partial charge on any atom is -0.368 e. The van der Waals surface area contributed by atoms with Crippen LogP contribution in [0.1, 0.15) is 42.4 Å². The third kappa shape index (κ3) is 2.79. The van der Waals surface area contributed by atoms with E-state index in [9.17, 15) is 4.79 Å². The van der Waals surface area contributed by atoms with Crippen molar-refractivity contribution in [2.24, 2.45) is 0 Å². The first-order valence-electron chi connectivity index (χ1n) is 9.79. The summed E-state index contributed by atoms with van der Waals surface area (Å²) in [6.07, 6.45) is 4.37. The second kappa shape index (κ2) is 7.02. The normalized spacial score (nSPS) is 17.2. The highest BCUT2D eigenvalue weighted by Gasteiger charge is 2.33. The summed E-state index contributed by atoms with van der Waals surface area (Å²) in [6, 6.07) is 10.2. The molecule has 5 nitrogen and oxygen atoms in total. The van der Waals surface area contributed by atoms with Gasteiger partial charge in [-0.05, 0) is 26.2 Å². The fraction of sp³-hybridized carbons (Fsp3) is 0.318. The number of nitrogens with zero attached hydrogens (tertiary/aromatic N) is 4. The third-order valence-electron chi connectivity index (χ3n) is 5.63. The highest BCUT2D eigenvalue weighted by atomic mass is 32.1. The molecule has 2 aliphatic rings. The van der Waals surface area contributed by atoms with E-state index in [1.807, 2.05) is 30.5 Å². The Hall–Kier alpha value is -2.73. The Morgan fingerprint density at radius 3 is 2.57 bits per heavy atom. The quantitative estimate of drug-likeness (QED) is 0.652. The lowest BCUT2D eigenvalue weighted by atomic mass is 9.96. The SMILES string of the molecule is CC1=C(c2cscn2)C(=O)n2nc(-c3ccccc3)c(N3CCCCC3)c2C1. The average Bonchev–Trinajstić information content (AvgIpc) is 3.38. The topological polar surface area (TPSA) is 51.0 Å². The van der Waals surface area contributed by atoms with Gasteiger partial charge in [0, 0.05) is 30.5 Å². The number of allylic oxidation sites excluding steroid dienone is 2. The molecule has 1 aromatic carbocycles. The van der Waals surface area contributed by atoms with E-state index in [0.29, 0.717) is 5.57 Å². The molecule has 5 rings (SSSR count). The molecule has 4 heterocycles. The van der Waals surface area contributed by atoms with Gasteiger partial charge in [-0.2, -0.15) is 9.78 Å². The Morgan fingerprint density at radius 1 is 1.07 bits per heavy atom. The lowest BCUT2D eigenvalue weighted by Crippen LogP contribution is -2.31. The number of anilines is 1. The van der Waals surface area contributed by atoms with Crippen LogP contribution in [0.2, 0.25) is 0 Å². The predicted molar refractivity (Wildman–Crippen MR) is 113 cm³/mol. The highest BCUT2D eigenvalue weighted by molar-refractivity contribution is 7.07. The number of carbonyl (C=O) groups is 1. The first kappa shape index (κ1) is 17.4. The van der Waals surface area contributed by atoms with E-state index in [2.05, 4.69) is 22.0 Å². The summed E-state index contributed by atoms with van der Waals surface area (Å²) in [5, 5.41) is 6.78. The third-order valence-corrected chi connectivity index (χ3v) is 6.21. The van der Waals surface area contributed by atoms with Crippen LogP contribution in [0.3, 0.4) is 0 Å². The van der Waals surface area contributed by atoms with Gasteiger partial charge in [-0.3, -0.25) is 4.79 Å². The molecule has 0 unspecified atom stereocenters. The molecule has 0 amide bonds. The number of hydrogen-bond acceptors (Lipinski definition) is 5. The number of thiazole rings is 1. The van der Waals surface area contributed by atoms with Crippen LogP contribution >= 0.6 is 11.3 Å². The molecule has 1 saturated heterocycles. The van der Waals surface area contributed by atoms with Crippen molar-refractivity contribution in [2.75, 3.05) is 18.0 Å².